The fourth-order valence-electron chi connectivity index (χ4n) is 1.99. The number of thiophene rings is 1. The second kappa shape index (κ2) is 6.24. The van der Waals surface area contributed by atoms with Crippen LogP contribution in [0.2, 0.25) is 0 Å². The van der Waals surface area contributed by atoms with E-state index in [1.807, 2.05) is 26.1 Å². The number of nitrogens with zero attached hydrogens (tertiary/aromatic N) is 1. The third-order valence-corrected chi connectivity index (χ3v) is 4.58. The molecule has 1 amide bonds. The first-order valence-corrected chi connectivity index (χ1v) is 7.60. The van der Waals surface area contributed by atoms with Crippen molar-refractivity contribution in [3.05, 3.63) is 28.6 Å². The molecule has 0 aliphatic carbocycles. The molecule has 1 aromatic heterocycles. The molecule has 0 fully saturated rings. The number of carbonyl (C=O) groups excluding carboxylic acids is 1. The summed E-state index contributed by atoms with van der Waals surface area (Å²) in [6, 6.07) is 6.07. The molecule has 108 valence electrons. The lowest BCUT2D eigenvalue weighted by Gasteiger charge is -2.13. The van der Waals surface area contributed by atoms with Gasteiger partial charge < -0.3 is 16.0 Å². The van der Waals surface area contributed by atoms with Crippen LogP contribution in [0.15, 0.2) is 18.2 Å². The van der Waals surface area contributed by atoms with E-state index in [2.05, 4.69) is 23.2 Å². The molecule has 1 heterocycles. The van der Waals surface area contributed by atoms with Crippen LogP contribution in [0.1, 0.15) is 22.2 Å². The lowest BCUT2D eigenvalue weighted by Crippen LogP contribution is -2.32. The van der Waals surface area contributed by atoms with Crippen LogP contribution in [-0.4, -0.2) is 37.5 Å². The number of hydrogen-bond acceptors (Lipinski definition) is 4. The molecule has 0 saturated heterocycles. The zero-order valence-corrected chi connectivity index (χ0v) is 13.0. The number of carbonyl (C=O) groups is 1. The number of hydrogen-bond donors (Lipinski definition) is 2. The Morgan fingerprint density at radius 3 is 2.90 bits per heavy atom. The first kappa shape index (κ1) is 14.8. The largest absolute Gasteiger partial charge is 0.397 e. The summed E-state index contributed by atoms with van der Waals surface area (Å²) in [5.41, 5.74) is 7.85. The van der Waals surface area contributed by atoms with E-state index in [0.717, 1.165) is 23.2 Å². The molecule has 0 aliphatic heterocycles. The van der Waals surface area contributed by atoms with Crippen LogP contribution in [-0.2, 0) is 0 Å². The number of rotatable bonds is 5. The van der Waals surface area contributed by atoms with Gasteiger partial charge in [-0.2, -0.15) is 0 Å². The van der Waals surface area contributed by atoms with Crippen molar-refractivity contribution in [2.24, 2.45) is 0 Å². The average Bonchev–Trinajstić information content (AvgIpc) is 2.75. The summed E-state index contributed by atoms with van der Waals surface area (Å²) in [6.07, 6.45) is 0. The Labute approximate surface area is 123 Å². The topological polar surface area (TPSA) is 58.4 Å². The highest BCUT2D eigenvalue weighted by atomic mass is 32.1. The molecule has 0 atom stereocenters. The van der Waals surface area contributed by atoms with Crippen molar-refractivity contribution in [3.63, 3.8) is 0 Å². The number of amides is 1. The number of nitrogens with one attached hydrogen (secondary N) is 1. The second-order valence-electron chi connectivity index (χ2n) is 5.00. The minimum absolute atomic E-state index is 0.0779. The van der Waals surface area contributed by atoms with Crippen LogP contribution < -0.4 is 11.1 Å². The molecule has 0 aliphatic rings. The summed E-state index contributed by atoms with van der Waals surface area (Å²) < 4.78 is 1.07. The molecule has 0 bridgehead atoms. The maximum absolute atomic E-state index is 12.2. The van der Waals surface area contributed by atoms with Crippen molar-refractivity contribution in [1.82, 2.24) is 10.2 Å². The standard InChI is InChI=1S/C15H21N3OS/c1-4-18(3)8-7-17-15(19)14-13(16)11-6-5-10(2)9-12(11)20-14/h5-6,9H,4,7-8,16H2,1-3H3,(H,17,19). The van der Waals surface area contributed by atoms with E-state index in [9.17, 15) is 4.79 Å². The van der Waals surface area contributed by atoms with E-state index in [1.54, 1.807) is 0 Å². The number of nitrogens with two attached hydrogens (primary N) is 1. The van der Waals surface area contributed by atoms with Crippen molar-refractivity contribution < 1.29 is 4.79 Å². The summed E-state index contributed by atoms with van der Waals surface area (Å²) >= 11 is 1.46. The van der Waals surface area contributed by atoms with Gasteiger partial charge >= 0.3 is 0 Å². The Morgan fingerprint density at radius 2 is 2.20 bits per heavy atom. The van der Waals surface area contributed by atoms with Gasteiger partial charge in [0.1, 0.15) is 4.88 Å². The molecule has 1 aromatic carbocycles. The smallest absolute Gasteiger partial charge is 0.263 e. The summed E-state index contributed by atoms with van der Waals surface area (Å²) in [5, 5.41) is 3.90. The molecular weight excluding hydrogens is 270 g/mol. The highest BCUT2D eigenvalue weighted by Crippen LogP contribution is 2.33. The van der Waals surface area contributed by atoms with Gasteiger partial charge in [-0.05, 0) is 32.1 Å². The molecule has 5 heteroatoms. The molecule has 2 rings (SSSR count). The van der Waals surface area contributed by atoms with E-state index in [1.165, 1.54) is 16.9 Å². The zero-order valence-electron chi connectivity index (χ0n) is 12.2. The van der Waals surface area contributed by atoms with Gasteiger partial charge in [0.15, 0.2) is 0 Å². The monoisotopic (exact) mass is 291 g/mol. The normalized spacial score (nSPS) is 11.2. The summed E-state index contributed by atoms with van der Waals surface area (Å²) in [7, 11) is 2.03. The number of nitrogen functional groups attached to an aromatic ring is 1. The Kier molecular flexibility index (Phi) is 4.62. The lowest BCUT2D eigenvalue weighted by atomic mass is 10.1. The van der Waals surface area contributed by atoms with Gasteiger partial charge in [-0.3, -0.25) is 4.79 Å². The fraction of sp³-hybridized carbons (Fsp3) is 0.400. The Balaban J connectivity index is 2.12. The van der Waals surface area contributed by atoms with Gasteiger partial charge in [0, 0.05) is 23.2 Å². The maximum atomic E-state index is 12.2. The third kappa shape index (κ3) is 3.11. The molecule has 3 N–H and O–H groups in total. The van der Waals surface area contributed by atoms with E-state index < -0.39 is 0 Å². The quantitative estimate of drug-likeness (QED) is 0.889. The highest BCUT2D eigenvalue weighted by molar-refractivity contribution is 7.21. The molecule has 0 radical (unpaired) electrons. The predicted molar refractivity (Wildman–Crippen MR) is 86.5 cm³/mol. The minimum Gasteiger partial charge on any atom is -0.397 e. The van der Waals surface area contributed by atoms with Gasteiger partial charge in [0.05, 0.1) is 5.69 Å². The fourth-order valence-corrected chi connectivity index (χ4v) is 3.13. The maximum Gasteiger partial charge on any atom is 0.263 e. The number of anilines is 1. The van der Waals surface area contributed by atoms with Gasteiger partial charge in [-0.25, -0.2) is 0 Å². The second-order valence-corrected chi connectivity index (χ2v) is 6.05. The summed E-state index contributed by atoms with van der Waals surface area (Å²) in [4.78, 5) is 15.0. The van der Waals surface area contributed by atoms with Crippen LogP contribution in [0.3, 0.4) is 0 Å². The Bertz CT molecular complexity index is 621. The van der Waals surface area contributed by atoms with Crippen molar-refractivity contribution in [1.29, 1.82) is 0 Å². The third-order valence-electron chi connectivity index (χ3n) is 3.41. The number of likely N-dealkylation sites (N-methyl/N-ethyl adjacent to an activating group) is 1. The van der Waals surface area contributed by atoms with Crippen molar-refractivity contribution >= 4 is 33.0 Å². The van der Waals surface area contributed by atoms with Crippen LogP contribution >= 0.6 is 11.3 Å². The van der Waals surface area contributed by atoms with Gasteiger partial charge in [0.2, 0.25) is 0 Å². The molecule has 2 aromatic rings. The molecule has 0 saturated carbocycles. The predicted octanol–water partition coefficient (Wildman–Crippen LogP) is 2.47. The molecular formula is C15H21N3OS. The van der Waals surface area contributed by atoms with E-state index in [4.69, 9.17) is 5.73 Å². The first-order valence-electron chi connectivity index (χ1n) is 6.78. The van der Waals surface area contributed by atoms with Crippen molar-refractivity contribution in [3.8, 4) is 0 Å². The van der Waals surface area contributed by atoms with Crippen molar-refractivity contribution in [2.45, 2.75) is 13.8 Å². The number of aryl methyl sites for hydroxylation is 1. The summed E-state index contributed by atoms with van der Waals surface area (Å²) in [6.45, 7) is 6.58. The van der Waals surface area contributed by atoms with Crippen LogP contribution in [0, 0.1) is 6.92 Å². The number of fused-ring (bicyclic) bond motifs is 1. The minimum atomic E-state index is -0.0779. The molecule has 4 nitrogen and oxygen atoms in total. The van der Waals surface area contributed by atoms with E-state index in [-0.39, 0.29) is 5.91 Å². The van der Waals surface area contributed by atoms with E-state index >= 15 is 0 Å². The van der Waals surface area contributed by atoms with Crippen LogP contribution in [0.25, 0.3) is 10.1 Å². The lowest BCUT2D eigenvalue weighted by molar-refractivity contribution is 0.0955. The Hall–Kier alpha value is -1.59. The van der Waals surface area contributed by atoms with Gasteiger partial charge in [0.25, 0.3) is 5.91 Å². The molecule has 0 spiro atoms. The SMILES string of the molecule is CCN(C)CCNC(=O)c1sc2cc(C)ccc2c1N. The molecule has 0 unspecified atom stereocenters. The zero-order chi connectivity index (χ0) is 14.7. The van der Waals surface area contributed by atoms with Crippen LogP contribution in [0.5, 0.6) is 0 Å². The molecule has 20 heavy (non-hydrogen) atoms. The Morgan fingerprint density at radius 1 is 1.45 bits per heavy atom. The first-order chi connectivity index (χ1) is 9.52. The van der Waals surface area contributed by atoms with Crippen LogP contribution in [0.4, 0.5) is 5.69 Å². The average molecular weight is 291 g/mol. The highest BCUT2D eigenvalue weighted by Gasteiger charge is 2.15. The van der Waals surface area contributed by atoms with Gasteiger partial charge in [-0.1, -0.05) is 19.1 Å². The van der Waals surface area contributed by atoms with Gasteiger partial charge in [-0.15, -0.1) is 11.3 Å². The summed E-state index contributed by atoms with van der Waals surface area (Å²) in [5.74, 6) is -0.0779. The van der Waals surface area contributed by atoms with Crippen molar-refractivity contribution in [2.75, 3.05) is 32.4 Å². The van der Waals surface area contributed by atoms with E-state index in [0.29, 0.717) is 17.1 Å². The number of benzene rings is 1.